The number of aromatic hydroxyl groups is 1. The monoisotopic (exact) mass is 170 g/mol. The van der Waals surface area contributed by atoms with Gasteiger partial charge in [0.15, 0.2) is 5.75 Å². The van der Waals surface area contributed by atoms with Gasteiger partial charge in [0.25, 0.3) is 5.56 Å². The predicted molar refractivity (Wildman–Crippen MR) is 42.7 cm³/mol. The van der Waals surface area contributed by atoms with Crippen molar-refractivity contribution in [2.45, 2.75) is 6.04 Å². The first-order chi connectivity index (χ1) is 5.65. The average Bonchev–Trinajstić information content (AvgIpc) is 2.08. The van der Waals surface area contributed by atoms with Crippen LogP contribution in [0.1, 0.15) is 11.6 Å². The summed E-state index contributed by atoms with van der Waals surface area (Å²) >= 11 is 0. The van der Waals surface area contributed by atoms with E-state index in [1.165, 1.54) is 12.3 Å². The van der Waals surface area contributed by atoms with Crippen LogP contribution in [-0.2, 0) is 0 Å². The van der Waals surface area contributed by atoms with Crippen molar-refractivity contribution in [1.82, 2.24) is 4.98 Å². The Morgan fingerprint density at radius 1 is 1.67 bits per heavy atom. The highest BCUT2D eigenvalue weighted by atomic mass is 16.3. The molecule has 0 unspecified atom stereocenters. The molecule has 66 valence electrons. The van der Waals surface area contributed by atoms with Crippen LogP contribution in [0.15, 0.2) is 17.1 Å². The molecule has 1 aromatic heterocycles. The average molecular weight is 170 g/mol. The van der Waals surface area contributed by atoms with Crippen molar-refractivity contribution < 1.29 is 10.2 Å². The van der Waals surface area contributed by atoms with E-state index in [-0.39, 0.29) is 6.61 Å². The molecule has 0 radical (unpaired) electrons. The highest BCUT2D eigenvalue weighted by Crippen LogP contribution is 2.10. The lowest BCUT2D eigenvalue weighted by Gasteiger charge is -2.07. The van der Waals surface area contributed by atoms with Crippen molar-refractivity contribution in [2.75, 3.05) is 6.61 Å². The van der Waals surface area contributed by atoms with Crippen molar-refractivity contribution in [3.8, 4) is 5.75 Å². The van der Waals surface area contributed by atoms with Crippen LogP contribution in [0, 0.1) is 0 Å². The molecule has 0 aliphatic rings. The number of H-pyrrole nitrogens is 1. The minimum Gasteiger partial charge on any atom is -0.503 e. The second kappa shape index (κ2) is 3.38. The molecule has 1 rings (SSSR count). The lowest BCUT2D eigenvalue weighted by molar-refractivity contribution is 0.267. The Labute approximate surface area is 68.5 Å². The summed E-state index contributed by atoms with van der Waals surface area (Å²) in [7, 11) is 0. The molecule has 0 aromatic carbocycles. The third-order valence-electron chi connectivity index (χ3n) is 1.53. The van der Waals surface area contributed by atoms with E-state index < -0.39 is 17.4 Å². The summed E-state index contributed by atoms with van der Waals surface area (Å²) < 4.78 is 0. The summed E-state index contributed by atoms with van der Waals surface area (Å²) in [6, 6.07) is 0.660. The zero-order chi connectivity index (χ0) is 9.14. The lowest BCUT2D eigenvalue weighted by atomic mass is 10.1. The topological polar surface area (TPSA) is 99.3 Å². The van der Waals surface area contributed by atoms with Crippen LogP contribution in [0.5, 0.6) is 5.75 Å². The third-order valence-corrected chi connectivity index (χ3v) is 1.53. The molecule has 0 aliphatic carbocycles. The quantitative estimate of drug-likeness (QED) is 0.461. The number of nitrogens with one attached hydrogen (secondary N) is 1. The van der Waals surface area contributed by atoms with E-state index >= 15 is 0 Å². The van der Waals surface area contributed by atoms with E-state index in [0.717, 1.165) is 0 Å². The molecule has 0 spiro atoms. The van der Waals surface area contributed by atoms with Crippen LogP contribution in [-0.4, -0.2) is 21.8 Å². The van der Waals surface area contributed by atoms with Gasteiger partial charge in [-0.05, 0) is 11.6 Å². The van der Waals surface area contributed by atoms with E-state index in [1.807, 2.05) is 0 Å². The fraction of sp³-hybridized carbons (Fsp3) is 0.286. The van der Waals surface area contributed by atoms with Crippen LogP contribution in [0.4, 0.5) is 0 Å². The van der Waals surface area contributed by atoms with Gasteiger partial charge in [-0.25, -0.2) is 0 Å². The molecule has 1 heterocycles. The molecule has 0 aliphatic heterocycles. The van der Waals surface area contributed by atoms with Crippen LogP contribution < -0.4 is 11.3 Å². The summed E-state index contributed by atoms with van der Waals surface area (Å²) in [5.74, 6) is -0.392. The Kier molecular flexibility index (Phi) is 2.47. The predicted octanol–water partition coefficient (Wildman–Crippen LogP) is -0.927. The molecule has 5 nitrogen and oxygen atoms in total. The van der Waals surface area contributed by atoms with Gasteiger partial charge in [0.1, 0.15) is 0 Å². The molecule has 0 amide bonds. The molecule has 0 saturated carbocycles. The maximum Gasteiger partial charge on any atom is 0.290 e. The second-order valence-electron chi connectivity index (χ2n) is 2.44. The SMILES string of the molecule is N[C@@H](CO)c1c[nH]c(=O)c(O)c1. The fourth-order valence-corrected chi connectivity index (χ4v) is 0.807. The van der Waals surface area contributed by atoms with Gasteiger partial charge in [-0.1, -0.05) is 0 Å². The number of nitrogens with two attached hydrogens (primary N) is 1. The van der Waals surface area contributed by atoms with Gasteiger partial charge in [0.2, 0.25) is 0 Å². The van der Waals surface area contributed by atoms with E-state index in [0.29, 0.717) is 5.56 Å². The van der Waals surface area contributed by atoms with Crippen LogP contribution in [0.3, 0.4) is 0 Å². The molecule has 0 bridgehead atoms. The summed E-state index contributed by atoms with van der Waals surface area (Å²) in [6.45, 7) is -0.231. The minimum absolute atomic E-state index is 0.231. The Hall–Kier alpha value is -1.33. The number of aliphatic hydroxyl groups excluding tert-OH is 1. The Morgan fingerprint density at radius 3 is 2.83 bits per heavy atom. The van der Waals surface area contributed by atoms with Gasteiger partial charge in [0, 0.05) is 6.20 Å². The van der Waals surface area contributed by atoms with E-state index in [1.54, 1.807) is 0 Å². The number of rotatable bonds is 2. The fourth-order valence-electron chi connectivity index (χ4n) is 0.807. The van der Waals surface area contributed by atoms with Gasteiger partial charge in [-0.3, -0.25) is 4.79 Å². The molecule has 5 N–H and O–H groups in total. The van der Waals surface area contributed by atoms with Crippen molar-refractivity contribution in [3.63, 3.8) is 0 Å². The number of aliphatic hydroxyl groups is 1. The molecular weight excluding hydrogens is 160 g/mol. The Bertz CT molecular complexity index is 321. The third kappa shape index (κ3) is 1.63. The highest BCUT2D eigenvalue weighted by Gasteiger charge is 2.06. The first kappa shape index (κ1) is 8.76. The molecule has 1 atom stereocenters. The molecule has 12 heavy (non-hydrogen) atoms. The molecule has 0 fully saturated rings. The van der Waals surface area contributed by atoms with Crippen molar-refractivity contribution in [2.24, 2.45) is 5.73 Å². The summed E-state index contributed by atoms with van der Waals surface area (Å²) in [5.41, 5.74) is 5.36. The smallest absolute Gasteiger partial charge is 0.290 e. The highest BCUT2D eigenvalue weighted by molar-refractivity contribution is 5.24. The lowest BCUT2D eigenvalue weighted by Crippen LogP contribution is -2.16. The molecule has 0 saturated heterocycles. The Morgan fingerprint density at radius 2 is 2.33 bits per heavy atom. The minimum atomic E-state index is -0.576. The summed E-state index contributed by atoms with van der Waals surface area (Å²) in [5, 5.41) is 17.6. The zero-order valence-corrected chi connectivity index (χ0v) is 6.32. The number of aromatic nitrogens is 1. The van der Waals surface area contributed by atoms with Gasteiger partial charge >= 0.3 is 0 Å². The van der Waals surface area contributed by atoms with Crippen molar-refractivity contribution in [3.05, 3.63) is 28.2 Å². The normalized spacial score (nSPS) is 12.8. The zero-order valence-electron chi connectivity index (χ0n) is 6.32. The summed E-state index contributed by atoms with van der Waals surface area (Å²) in [6.07, 6.45) is 1.36. The van der Waals surface area contributed by atoms with E-state index in [9.17, 15) is 4.79 Å². The summed E-state index contributed by atoms with van der Waals surface area (Å²) in [4.78, 5) is 13.0. The van der Waals surface area contributed by atoms with Gasteiger partial charge in [0.05, 0.1) is 12.6 Å². The molecule has 5 heteroatoms. The van der Waals surface area contributed by atoms with Crippen molar-refractivity contribution >= 4 is 0 Å². The Balaban J connectivity index is 3.04. The van der Waals surface area contributed by atoms with Gasteiger partial charge in [-0.15, -0.1) is 0 Å². The van der Waals surface area contributed by atoms with Crippen LogP contribution in [0.2, 0.25) is 0 Å². The van der Waals surface area contributed by atoms with Crippen molar-refractivity contribution in [1.29, 1.82) is 0 Å². The number of aromatic amines is 1. The van der Waals surface area contributed by atoms with Crippen LogP contribution in [0.25, 0.3) is 0 Å². The van der Waals surface area contributed by atoms with Gasteiger partial charge in [-0.2, -0.15) is 0 Å². The molecular formula is C7H10N2O3. The van der Waals surface area contributed by atoms with E-state index in [4.69, 9.17) is 15.9 Å². The number of hydrogen-bond acceptors (Lipinski definition) is 4. The maximum atomic E-state index is 10.7. The largest absolute Gasteiger partial charge is 0.503 e. The number of pyridine rings is 1. The second-order valence-corrected chi connectivity index (χ2v) is 2.44. The first-order valence-electron chi connectivity index (χ1n) is 3.43. The molecule has 1 aromatic rings. The van der Waals surface area contributed by atoms with Gasteiger partial charge < -0.3 is 20.9 Å². The number of hydrogen-bond donors (Lipinski definition) is 4. The van der Waals surface area contributed by atoms with E-state index in [2.05, 4.69) is 4.98 Å². The first-order valence-corrected chi connectivity index (χ1v) is 3.43. The maximum absolute atomic E-state index is 10.7. The standard InChI is InChI=1S/C7H10N2O3/c8-5(3-10)4-1-6(11)7(12)9-2-4/h1-2,5,10-11H,3,8H2,(H,9,12)/t5-/m0/s1. The van der Waals surface area contributed by atoms with Crippen LogP contribution >= 0.6 is 0 Å².